The molecule has 23 heavy (non-hydrogen) atoms. The van der Waals surface area contributed by atoms with E-state index in [0.29, 0.717) is 19.6 Å². The molecule has 1 fully saturated rings. The van der Waals surface area contributed by atoms with Gasteiger partial charge in [0.25, 0.3) is 0 Å². The maximum Gasteiger partial charge on any atom is 0.237 e. The molecule has 0 aliphatic carbocycles. The number of allylic oxidation sites excluding steroid dienone is 1. The first-order valence-corrected chi connectivity index (χ1v) is 7.84. The van der Waals surface area contributed by atoms with Crippen LogP contribution in [0.5, 0.6) is 0 Å². The van der Waals surface area contributed by atoms with Gasteiger partial charge >= 0.3 is 0 Å². The van der Waals surface area contributed by atoms with Crippen LogP contribution in [0.4, 0.5) is 0 Å². The van der Waals surface area contributed by atoms with Crippen molar-refractivity contribution in [1.29, 1.82) is 0 Å². The van der Waals surface area contributed by atoms with Crippen LogP contribution in [-0.2, 0) is 16.1 Å². The van der Waals surface area contributed by atoms with Gasteiger partial charge in [0.1, 0.15) is 5.82 Å². The highest BCUT2D eigenvalue weighted by Gasteiger charge is 2.31. The summed E-state index contributed by atoms with van der Waals surface area (Å²) in [5.41, 5.74) is 1.20. The number of hydrogen-bond donors (Lipinski definition) is 2. The minimum Gasteiger partial charge on any atom is -0.353 e. The molecular weight excluding hydrogens is 294 g/mol. The van der Waals surface area contributed by atoms with Gasteiger partial charge in [-0.1, -0.05) is 11.6 Å². The van der Waals surface area contributed by atoms with Gasteiger partial charge in [0, 0.05) is 39.1 Å². The summed E-state index contributed by atoms with van der Waals surface area (Å²) in [5.74, 6) is 0.596. The van der Waals surface area contributed by atoms with Crippen LogP contribution in [0, 0.1) is 0 Å². The first kappa shape index (κ1) is 17.2. The molecule has 2 heterocycles. The fourth-order valence-corrected chi connectivity index (χ4v) is 2.52. The van der Waals surface area contributed by atoms with Crippen molar-refractivity contribution in [2.24, 2.45) is 0 Å². The monoisotopic (exact) mass is 319 g/mol. The van der Waals surface area contributed by atoms with Gasteiger partial charge in [0.15, 0.2) is 0 Å². The summed E-state index contributed by atoms with van der Waals surface area (Å²) >= 11 is 0. The van der Waals surface area contributed by atoms with E-state index in [4.69, 9.17) is 0 Å². The molecule has 0 bridgehead atoms. The van der Waals surface area contributed by atoms with Gasteiger partial charge in [-0.15, -0.1) is 0 Å². The lowest BCUT2D eigenvalue weighted by Gasteiger charge is -2.34. The highest BCUT2D eigenvalue weighted by Crippen LogP contribution is 2.12. The number of rotatable bonds is 6. The summed E-state index contributed by atoms with van der Waals surface area (Å²) in [6, 6.07) is -0.411. The van der Waals surface area contributed by atoms with Gasteiger partial charge in [-0.25, -0.2) is 4.98 Å². The van der Waals surface area contributed by atoms with Crippen molar-refractivity contribution in [1.82, 2.24) is 25.1 Å². The molecule has 0 saturated carbocycles. The molecule has 1 aliphatic rings. The third-order valence-corrected chi connectivity index (χ3v) is 3.91. The SMILES string of the molecule is CC(C)=CCN1CCNC(=O)C1CC(=O)N(C)Cc1ncc[nH]1. The van der Waals surface area contributed by atoms with Crippen LogP contribution in [0.2, 0.25) is 0 Å². The van der Waals surface area contributed by atoms with E-state index < -0.39 is 6.04 Å². The van der Waals surface area contributed by atoms with E-state index in [-0.39, 0.29) is 18.2 Å². The Hall–Kier alpha value is -2.15. The molecule has 0 aromatic carbocycles. The summed E-state index contributed by atoms with van der Waals surface area (Å²) in [6.45, 7) is 6.55. The van der Waals surface area contributed by atoms with Crippen molar-refractivity contribution < 1.29 is 9.59 Å². The van der Waals surface area contributed by atoms with Crippen molar-refractivity contribution >= 4 is 11.8 Å². The molecule has 1 aromatic heterocycles. The second-order valence-corrected chi connectivity index (χ2v) is 6.07. The Labute approximate surface area is 136 Å². The third kappa shape index (κ3) is 4.92. The normalized spacial score (nSPS) is 18.4. The third-order valence-electron chi connectivity index (χ3n) is 3.91. The lowest BCUT2D eigenvalue weighted by Crippen LogP contribution is -2.56. The Kier molecular flexibility index (Phi) is 5.92. The predicted octanol–water partition coefficient (Wildman–Crippen LogP) is 0.525. The molecular formula is C16H25N5O2. The van der Waals surface area contributed by atoms with E-state index in [1.165, 1.54) is 5.57 Å². The number of carbonyl (C=O) groups excluding carboxylic acids is 2. The Morgan fingerprint density at radius 1 is 1.52 bits per heavy atom. The number of nitrogens with one attached hydrogen (secondary N) is 2. The number of imidazole rings is 1. The fourth-order valence-electron chi connectivity index (χ4n) is 2.52. The molecule has 1 aromatic rings. The lowest BCUT2D eigenvalue weighted by molar-refractivity contribution is -0.138. The summed E-state index contributed by atoms with van der Waals surface area (Å²) in [6.07, 6.45) is 5.65. The highest BCUT2D eigenvalue weighted by molar-refractivity contribution is 5.88. The Morgan fingerprint density at radius 2 is 2.30 bits per heavy atom. The van der Waals surface area contributed by atoms with Crippen molar-refractivity contribution in [3.63, 3.8) is 0 Å². The average Bonchev–Trinajstić information content (AvgIpc) is 3.00. The van der Waals surface area contributed by atoms with E-state index >= 15 is 0 Å². The van der Waals surface area contributed by atoms with E-state index in [9.17, 15) is 9.59 Å². The first-order valence-electron chi connectivity index (χ1n) is 7.84. The minimum atomic E-state index is -0.411. The molecule has 1 aliphatic heterocycles. The summed E-state index contributed by atoms with van der Waals surface area (Å²) in [4.78, 5) is 35.3. The number of aromatic amines is 1. The van der Waals surface area contributed by atoms with Crippen molar-refractivity contribution in [2.75, 3.05) is 26.7 Å². The van der Waals surface area contributed by atoms with Crippen LogP contribution >= 0.6 is 0 Å². The number of H-pyrrole nitrogens is 1. The van der Waals surface area contributed by atoms with E-state index in [1.807, 2.05) is 13.8 Å². The zero-order valence-electron chi connectivity index (χ0n) is 14.0. The lowest BCUT2D eigenvalue weighted by atomic mass is 10.1. The molecule has 2 amide bonds. The number of aromatic nitrogens is 2. The first-order chi connectivity index (χ1) is 11.0. The molecule has 0 radical (unpaired) electrons. The molecule has 7 heteroatoms. The van der Waals surface area contributed by atoms with Gasteiger partial charge in [0.2, 0.25) is 11.8 Å². The van der Waals surface area contributed by atoms with Crippen LogP contribution < -0.4 is 5.32 Å². The number of carbonyl (C=O) groups is 2. The second-order valence-electron chi connectivity index (χ2n) is 6.07. The van der Waals surface area contributed by atoms with Crippen LogP contribution in [-0.4, -0.2) is 64.3 Å². The smallest absolute Gasteiger partial charge is 0.237 e. The summed E-state index contributed by atoms with van der Waals surface area (Å²) in [5, 5.41) is 2.85. The molecule has 2 rings (SSSR count). The molecule has 2 N–H and O–H groups in total. The van der Waals surface area contributed by atoms with Gasteiger partial charge in [-0.3, -0.25) is 14.5 Å². The van der Waals surface area contributed by atoms with Gasteiger partial charge in [-0.05, 0) is 13.8 Å². The maximum atomic E-state index is 12.4. The Morgan fingerprint density at radius 3 is 2.96 bits per heavy atom. The molecule has 7 nitrogen and oxygen atoms in total. The Balaban J connectivity index is 1.97. The Bertz CT molecular complexity index is 563. The highest BCUT2D eigenvalue weighted by atomic mass is 16.2. The van der Waals surface area contributed by atoms with Crippen LogP contribution in [0.25, 0.3) is 0 Å². The van der Waals surface area contributed by atoms with Crippen LogP contribution in [0.1, 0.15) is 26.1 Å². The number of piperazine rings is 1. The minimum absolute atomic E-state index is 0.0642. The summed E-state index contributed by atoms with van der Waals surface area (Å²) < 4.78 is 0. The molecule has 1 unspecified atom stereocenters. The molecule has 1 atom stereocenters. The second kappa shape index (κ2) is 7.92. The molecule has 1 saturated heterocycles. The van der Waals surface area contributed by atoms with Crippen molar-refractivity contribution in [3.8, 4) is 0 Å². The molecule has 0 spiro atoms. The number of hydrogen-bond acceptors (Lipinski definition) is 4. The number of nitrogens with zero attached hydrogens (tertiary/aromatic N) is 3. The average molecular weight is 319 g/mol. The quantitative estimate of drug-likeness (QED) is 0.749. The number of amides is 2. The van der Waals surface area contributed by atoms with Crippen molar-refractivity contribution in [2.45, 2.75) is 32.9 Å². The molecule has 126 valence electrons. The maximum absolute atomic E-state index is 12.4. The van der Waals surface area contributed by atoms with Crippen LogP contribution in [0.15, 0.2) is 24.0 Å². The van der Waals surface area contributed by atoms with Crippen LogP contribution in [0.3, 0.4) is 0 Å². The van der Waals surface area contributed by atoms with E-state index in [1.54, 1.807) is 24.3 Å². The van der Waals surface area contributed by atoms with E-state index in [2.05, 4.69) is 26.3 Å². The fraction of sp³-hybridized carbons (Fsp3) is 0.562. The summed E-state index contributed by atoms with van der Waals surface area (Å²) in [7, 11) is 1.73. The zero-order valence-corrected chi connectivity index (χ0v) is 14.0. The zero-order chi connectivity index (χ0) is 16.8. The largest absolute Gasteiger partial charge is 0.353 e. The van der Waals surface area contributed by atoms with Gasteiger partial charge < -0.3 is 15.2 Å². The van der Waals surface area contributed by atoms with Gasteiger partial charge in [-0.2, -0.15) is 0 Å². The standard InChI is InChI=1S/C16H25N5O2/c1-12(2)4-8-21-9-7-19-16(23)13(21)10-15(22)20(3)11-14-17-5-6-18-14/h4-6,13H,7-11H2,1-3H3,(H,17,18)(H,19,23). The van der Waals surface area contributed by atoms with Crippen molar-refractivity contribution in [3.05, 3.63) is 29.9 Å². The topological polar surface area (TPSA) is 81.3 Å². The van der Waals surface area contributed by atoms with E-state index in [0.717, 1.165) is 12.4 Å². The van der Waals surface area contributed by atoms with Gasteiger partial charge in [0.05, 0.1) is 19.0 Å². The predicted molar refractivity (Wildman–Crippen MR) is 87.5 cm³/mol.